The van der Waals surface area contributed by atoms with Crippen molar-refractivity contribution < 1.29 is 19.2 Å². The number of nitrogens with one attached hydrogen (secondary N) is 4. The molecule has 8 amide bonds. The lowest BCUT2D eigenvalue weighted by Gasteiger charge is -2.23. The van der Waals surface area contributed by atoms with E-state index >= 15 is 0 Å². The highest BCUT2D eigenvalue weighted by Crippen LogP contribution is 2.06. The molecule has 0 aromatic heterocycles. The summed E-state index contributed by atoms with van der Waals surface area (Å²) in [5.41, 5.74) is 3.81. The third-order valence-electron chi connectivity index (χ3n) is 7.38. The Morgan fingerprint density at radius 1 is 0.413 bits per heavy atom. The number of rotatable bonds is 14. The van der Waals surface area contributed by atoms with E-state index in [1.807, 2.05) is 84.9 Å². The van der Waals surface area contributed by atoms with Gasteiger partial charge in [-0.2, -0.15) is 0 Å². The van der Waals surface area contributed by atoms with Gasteiger partial charge in [-0.25, -0.2) is 19.2 Å². The van der Waals surface area contributed by atoms with Crippen LogP contribution < -0.4 is 21.3 Å². The van der Waals surface area contributed by atoms with Crippen molar-refractivity contribution in [3.05, 3.63) is 107 Å². The van der Waals surface area contributed by atoms with Gasteiger partial charge in [-0.3, -0.25) is 0 Å². The van der Waals surface area contributed by atoms with E-state index in [-0.39, 0.29) is 24.1 Å². The molecule has 246 valence electrons. The third-order valence-corrected chi connectivity index (χ3v) is 7.38. The fraction of sp³-hybridized carbons (Fsp3) is 0.353. The van der Waals surface area contributed by atoms with Crippen molar-refractivity contribution in [3.8, 4) is 0 Å². The summed E-state index contributed by atoms with van der Waals surface area (Å²) in [4.78, 5) is 56.2. The van der Waals surface area contributed by atoms with Crippen molar-refractivity contribution in [2.75, 3.05) is 54.4 Å². The van der Waals surface area contributed by atoms with Crippen LogP contribution in [-0.2, 0) is 26.2 Å². The van der Waals surface area contributed by atoms with Gasteiger partial charge in [-0.15, -0.1) is 0 Å². The Hall–Kier alpha value is -5.26. The molecule has 0 radical (unpaired) electrons. The average molecular weight is 631 g/mol. The SMILES string of the molecule is CN(CCN(C)C(=O)NCc1cccc(CNC(=O)N(C)CCN(C)C(=O)NCc2ccccc2)c1)C(=O)NCc1ccccc1. The molecule has 4 N–H and O–H groups in total. The number of urea groups is 4. The summed E-state index contributed by atoms with van der Waals surface area (Å²) in [6.45, 7) is 3.01. The van der Waals surface area contributed by atoms with Crippen molar-refractivity contribution in [1.82, 2.24) is 40.9 Å². The number of hydrogen-bond donors (Lipinski definition) is 4. The number of benzene rings is 3. The lowest BCUT2D eigenvalue weighted by atomic mass is 10.1. The number of likely N-dealkylation sites (N-methyl/N-ethyl adjacent to an activating group) is 4. The molecular formula is C34H46N8O4. The fourth-order valence-electron chi connectivity index (χ4n) is 4.30. The van der Waals surface area contributed by atoms with E-state index in [1.54, 1.807) is 38.0 Å². The van der Waals surface area contributed by atoms with E-state index in [2.05, 4.69) is 21.3 Å². The smallest absolute Gasteiger partial charge is 0.317 e. The van der Waals surface area contributed by atoms with Crippen LogP contribution in [0.25, 0.3) is 0 Å². The summed E-state index contributed by atoms with van der Waals surface area (Å²) in [6, 6.07) is 26.0. The van der Waals surface area contributed by atoms with Crippen LogP contribution in [-0.4, -0.2) is 98.1 Å². The molecule has 0 saturated heterocycles. The minimum Gasteiger partial charge on any atom is -0.334 e. The van der Waals surface area contributed by atoms with Crippen LogP contribution in [0.1, 0.15) is 22.3 Å². The fourth-order valence-corrected chi connectivity index (χ4v) is 4.30. The standard InChI is InChI=1S/C34H46N8O4/c1-39(31(43)35-23-27-12-7-5-8-13-27)18-20-41(3)33(45)37-25-29-16-11-17-30(22-29)26-38-34(46)42(4)21-19-40(2)32(44)36-24-28-14-9-6-10-15-28/h5-17,22H,18-21,23-26H2,1-4H3,(H,35,43)(H,36,44)(H,37,45)(H,38,46). The quantitative estimate of drug-likeness (QED) is 0.217. The minimum absolute atomic E-state index is 0.206. The van der Waals surface area contributed by atoms with Gasteiger partial charge in [0.15, 0.2) is 0 Å². The van der Waals surface area contributed by atoms with Crippen LogP contribution in [0, 0.1) is 0 Å². The van der Waals surface area contributed by atoms with Gasteiger partial charge in [0.1, 0.15) is 0 Å². The predicted octanol–water partition coefficient (Wildman–Crippen LogP) is 3.65. The molecule has 0 unspecified atom stereocenters. The minimum atomic E-state index is -0.253. The predicted molar refractivity (Wildman–Crippen MR) is 179 cm³/mol. The van der Waals surface area contributed by atoms with E-state index in [4.69, 9.17) is 0 Å². The lowest BCUT2D eigenvalue weighted by molar-refractivity contribution is 0.190. The Morgan fingerprint density at radius 3 is 0.978 bits per heavy atom. The molecule has 0 atom stereocenters. The zero-order valence-corrected chi connectivity index (χ0v) is 27.2. The summed E-state index contributed by atoms with van der Waals surface area (Å²) in [7, 11) is 6.75. The zero-order valence-electron chi connectivity index (χ0n) is 27.2. The molecule has 0 bridgehead atoms. The van der Waals surface area contributed by atoms with Crippen LogP contribution >= 0.6 is 0 Å². The van der Waals surface area contributed by atoms with E-state index in [0.717, 1.165) is 22.3 Å². The van der Waals surface area contributed by atoms with Gasteiger partial charge in [-0.1, -0.05) is 84.9 Å². The van der Waals surface area contributed by atoms with E-state index in [9.17, 15) is 19.2 Å². The number of carbonyl (C=O) groups excluding carboxylic acids is 4. The van der Waals surface area contributed by atoms with Gasteiger partial charge in [0.05, 0.1) is 0 Å². The number of carbonyl (C=O) groups is 4. The van der Waals surface area contributed by atoms with Gasteiger partial charge < -0.3 is 40.9 Å². The Bertz CT molecular complexity index is 1300. The first-order valence-electron chi connectivity index (χ1n) is 15.2. The second kappa shape index (κ2) is 18.5. The van der Waals surface area contributed by atoms with Crippen molar-refractivity contribution in [2.45, 2.75) is 26.2 Å². The molecule has 0 spiro atoms. The normalized spacial score (nSPS) is 10.3. The second-order valence-corrected chi connectivity index (χ2v) is 11.1. The highest BCUT2D eigenvalue weighted by Gasteiger charge is 2.14. The first-order valence-corrected chi connectivity index (χ1v) is 15.2. The molecule has 0 fully saturated rings. The first-order chi connectivity index (χ1) is 22.1. The van der Waals surface area contributed by atoms with Crippen LogP contribution in [0.4, 0.5) is 19.2 Å². The second-order valence-electron chi connectivity index (χ2n) is 11.1. The molecule has 0 heterocycles. The van der Waals surface area contributed by atoms with Crippen molar-refractivity contribution in [1.29, 1.82) is 0 Å². The molecular weight excluding hydrogens is 584 g/mol. The van der Waals surface area contributed by atoms with Crippen LogP contribution in [0.15, 0.2) is 84.9 Å². The molecule has 12 heteroatoms. The average Bonchev–Trinajstić information content (AvgIpc) is 3.09. The lowest BCUT2D eigenvalue weighted by Crippen LogP contribution is -2.44. The summed E-state index contributed by atoms with van der Waals surface area (Å²) in [5.74, 6) is 0. The Labute approximate surface area is 271 Å². The molecule has 0 aliphatic rings. The molecule has 0 aliphatic carbocycles. The topological polar surface area (TPSA) is 129 Å². The molecule has 3 aromatic carbocycles. The van der Waals surface area contributed by atoms with Crippen molar-refractivity contribution in [2.24, 2.45) is 0 Å². The maximum Gasteiger partial charge on any atom is 0.317 e. The van der Waals surface area contributed by atoms with Crippen molar-refractivity contribution in [3.63, 3.8) is 0 Å². The summed E-state index contributed by atoms with van der Waals surface area (Å²) in [5, 5.41) is 11.5. The summed E-state index contributed by atoms with van der Waals surface area (Å²) < 4.78 is 0. The monoisotopic (exact) mass is 630 g/mol. The maximum atomic E-state index is 12.6. The van der Waals surface area contributed by atoms with E-state index in [0.29, 0.717) is 52.4 Å². The van der Waals surface area contributed by atoms with E-state index in [1.165, 1.54) is 9.80 Å². The highest BCUT2D eigenvalue weighted by molar-refractivity contribution is 5.76. The summed E-state index contributed by atoms with van der Waals surface area (Å²) in [6.07, 6.45) is 0. The van der Waals surface area contributed by atoms with Gasteiger partial charge in [0.25, 0.3) is 0 Å². The Morgan fingerprint density at radius 2 is 0.674 bits per heavy atom. The number of nitrogens with zero attached hydrogens (tertiary/aromatic N) is 4. The van der Waals surface area contributed by atoms with Crippen LogP contribution in [0.2, 0.25) is 0 Å². The molecule has 3 aromatic rings. The van der Waals surface area contributed by atoms with Gasteiger partial charge in [0, 0.05) is 80.5 Å². The van der Waals surface area contributed by atoms with Crippen molar-refractivity contribution >= 4 is 24.1 Å². The van der Waals surface area contributed by atoms with Gasteiger partial charge >= 0.3 is 24.1 Å². The first kappa shape index (κ1) is 35.2. The molecule has 0 aliphatic heterocycles. The maximum absolute atomic E-state index is 12.6. The van der Waals surface area contributed by atoms with E-state index < -0.39 is 0 Å². The van der Waals surface area contributed by atoms with Gasteiger partial charge in [0.2, 0.25) is 0 Å². The highest BCUT2D eigenvalue weighted by atomic mass is 16.2. The Balaban J connectivity index is 1.32. The van der Waals surface area contributed by atoms with Gasteiger partial charge in [-0.05, 0) is 22.3 Å². The largest absolute Gasteiger partial charge is 0.334 e. The molecule has 3 rings (SSSR count). The molecule has 0 saturated carbocycles. The van der Waals surface area contributed by atoms with Crippen LogP contribution in [0.5, 0.6) is 0 Å². The Kier molecular flexibility index (Phi) is 14.2. The molecule has 46 heavy (non-hydrogen) atoms. The number of amides is 8. The third kappa shape index (κ3) is 12.4. The zero-order chi connectivity index (χ0) is 33.3. The summed E-state index contributed by atoms with van der Waals surface area (Å²) >= 11 is 0. The number of hydrogen-bond acceptors (Lipinski definition) is 4. The van der Waals surface area contributed by atoms with Crippen LogP contribution in [0.3, 0.4) is 0 Å². The molecule has 12 nitrogen and oxygen atoms in total.